The van der Waals surface area contributed by atoms with Crippen LogP contribution in [0, 0.1) is 0 Å². The summed E-state index contributed by atoms with van der Waals surface area (Å²) >= 11 is 12.0. The van der Waals surface area contributed by atoms with Gasteiger partial charge >= 0.3 is 6.03 Å². The number of halogens is 2. The molecule has 11 heteroatoms. The Labute approximate surface area is 168 Å². The second-order valence-electron chi connectivity index (χ2n) is 6.38. The van der Waals surface area contributed by atoms with Crippen LogP contribution < -0.4 is 5.32 Å². The number of amides is 3. The Morgan fingerprint density at radius 2 is 1.74 bits per heavy atom. The Morgan fingerprint density at radius 3 is 2.37 bits per heavy atom. The summed E-state index contributed by atoms with van der Waals surface area (Å²) in [6.07, 6.45) is 0.645. The minimum absolute atomic E-state index is 0.0173. The van der Waals surface area contributed by atoms with Gasteiger partial charge in [0.25, 0.3) is 0 Å². The van der Waals surface area contributed by atoms with Gasteiger partial charge in [0, 0.05) is 37.7 Å². The van der Waals surface area contributed by atoms with Crippen LogP contribution in [-0.2, 0) is 14.8 Å². The normalized spacial score (nSPS) is 19.6. The van der Waals surface area contributed by atoms with Crippen molar-refractivity contribution < 1.29 is 18.0 Å². The average Bonchev–Trinajstić information content (AvgIpc) is 2.96. The van der Waals surface area contributed by atoms with Crippen molar-refractivity contribution in [3.63, 3.8) is 0 Å². The summed E-state index contributed by atoms with van der Waals surface area (Å²) < 4.78 is 27.0. The smallest absolute Gasteiger partial charge is 0.324 e. The van der Waals surface area contributed by atoms with Crippen LogP contribution in [0.4, 0.5) is 4.79 Å². The lowest BCUT2D eigenvalue weighted by Gasteiger charge is -2.34. The molecule has 0 unspecified atom stereocenters. The topological polar surface area (TPSA) is 90.0 Å². The lowest BCUT2D eigenvalue weighted by Crippen LogP contribution is -2.49. The number of hydrogen-bond acceptors (Lipinski definition) is 5. The number of carbonyl (C=O) groups is 2. The number of nitrogens with zero attached hydrogens (tertiary/aromatic N) is 3. The molecule has 2 saturated heterocycles. The average molecular weight is 435 g/mol. The van der Waals surface area contributed by atoms with Crippen molar-refractivity contribution in [1.29, 1.82) is 0 Å². The lowest BCUT2D eigenvalue weighted by atomic mass is 10.3. The zero-order valence-electron chi connectivity index (χ0n) is 14.5. The van der Waals surface area contributed by atoms with Gasteiger partial charge in [-0.05, 0) is 31.2 Å². The molecule has 3 rings (SSSR count). The van der Waals surface area contributed by atoms with E-state index in [-0.39, 0.29) is 28.4 Å². The predicted octanol–water partition coefficient (Wildman–Crippen LogP) is 1.24. The number of urea groups is 1. The second-order valence-corrected chi connectivity index (χ2v) is 9.13. The maximum absolute atomic E-state index is 12.8. The Hall–Kier alpha value is -1.39. The molecule has 2 aliphatic heterocycles. The highest BCUT2D eigenvalue weighted by Crippen LogP contribution is 2.28. The Bertz CT molecular complexity index is 825. The fraction of sp³-hybridized carbons (Fsp3) is 0.500. The molecule has 3 amide bonds. The van der Waals surface area contributed by atoms with Crippen LogP contribution in [-0.4, -0.2) is 80.3 Å². The van der Waals surface area contributed by atoms with E-state index in [1.54, 1.807) is 6.07 Å². The van der Waals surface area contributed by atoms with Crippen LogP contribution in [0.1, 0.15) is 6.42 Å². The molecule has 2 aliphatic rings. The molecule has 0 atom stereocenters. The predicted molar refractivity (Wildman–Crippen MR) is 101 cm³/mol. The molecule has 0 aromatic heterocycles. The third-order valence-electron chi connectivity index (χ3n) is 4.64. The van der Waals surface area contributed by atoms with Crippen LogP contribution in [0.2, 0.25) is 10.0 Å². The summed E-state index contributed by atoms with van der Waals surface area (Å²) in [5.41, 5.74) is 0. The largest absolute Gasteiger partial charge is 0.329 e. The minimum atomic E-state index is -3.70. The molecule has 1 aromatic rings. The summed E-state index contributed by atoms with van der Waals surface area (Å²) in [4.78, 5) is 26.4. The molecule has 2 fully saturated rings. The van der Waals surface area contributed by atoms with Crippen LogP contribution in [0.15, 0.2) is 23.1 Å². The van der Waals surface area contributed by atoms with E-state index < -0.39 is 10.0 Å². The molecule has 0 radical (unpaired) electrons. The van der Waals surface area contributed by atoms with E-state index in [9.17, 15) is 18.0 Å². The molecule has 1 N–H and O–H groups in total. The first kappa shape index (κ1) is 20.3. The standard InChI is InChI=1S/C16H20Cl2N4O4S/c17-12-2-3-13(18)14(10-12)27(25,26)21-8-6-20(7-9-21)4-1-5-22-15(23)11-19-16(22)24/h2-3,10H,1,4-9,11H2,(H,19,24). The molecule has 27 heavy (non-hydrogen) atoms. The first-order valence-corrected chi connectivity index (χ1v) is 10.7. The van der Waals surface area contributed by atoms with Crippen molar-refractivity contribution in [1.82, 2.24) is 19.4 Å². The highest BCUT2D eigenvalue weighted by Gasteiger charge is 2.31. The SMILES string of the molecule is O=C1CNC(=O)N1CCCN1CCN(S(=O)(=O)c2cc(Cl)ccc2Cl)CC1. The summed E-state index contributed by atoms with van der Waals surface area (Å²) in [5, 5.41) is 2.95. The second kappa shape index (κ2) is 8.32. The fourth-order valence-electron chi connectivity index (χ4n) is 3.14. The summed E-state index contributed by atoms with van der Waals surface area (Å²) in [5.74, 6) is -0.214. The third-order valence-corrected chi connectivity index (χ3v) is 7.25. The molecule has 8 nitrogen and oxygen atoms in total. The molecule has 0 saturated carbocycles. The highest BCUT2D eigenvalue weighted by molar-refractivity contribution is 7.89. The van der Waals surface area contributed by atoms with Gasteiger partial charge in [-0.15, -0.1) is 0 Å². The Balaban J connectivity index is 1.52. The number of sulfonamides is 1. The van der Waals surface area contributed by atoms with Crippen molar-refractivity contribution in [3.8, 4) is 0 Å². The quantitative estimate of drug-likeness (QED) is 0.680. The lowest BCUT2D eigenvalue weighted by molar-refractivity contribution is -0.125. The molecule has 0 aliphatic carbocycles. The van der Waals surface area contributed by atoms with E-state index in [0.717, 1.165) is 0 Å². The first-order chi connectivity index (χ1) is 12.8. The number of rotatable bonds is 6. The van der Waals surface area contributed by atoms with Gasteiger partial charge in [-0.2, -0.15) is 4.31 Å². The van der Waals surface area contributed by atoms with Gasteiger partial charge in [-0.1, -0.05) is 23.2 Å². The van der Waals surface area contributed by atoms with E-state index in [1.807, 2.05) is 0 Å². The molecule has 2 heterocycles. The van der Waals surface area contributed by atoms with Gasteiger partial charge in [-0.3, -0.25) is 9.69 Å². The van der Waals surface area contributed by atoms with Gasteiger partial charge in [-0.25, -0.2) is 13.2 Å². The third kappa shape index (κ3) is 4.55. The zero-order valence-corrected chi connectivity index (χ0v) is 16.9. The molecular formula is C16H20Cl2N4O4S. The molecule has 0 bridgehead atoms. The number of nitrogens with one attached hydrogen (secondary N) is 1. The maximum atomic E-state index is 12.8. The van der Waals surface area contributed by atoms with Crippen LogP contribution in [0.5, 0.6) is 0 Å². The number of hydrogen-bond donors (Lipinski definition) is 1. The van der Waals surface area contributed by atoms with Gasteiger partial charge < -0.3 is 10.2 Å². The van der Waals surface area contributed by atoms with E-state index >= 15 is 0 Å². The van der Waals surface area contributed by atoms with Crippen molar-refractivity contribution in [2.45, 2.75) is 11.3 Å². The maximum Gasteiger partial charge on any atom is 0.324 e. The van der Waals surface area contributed by atoms with Crippen LogP contribution in [0.3, 0.4) is 0 Å². The van der Waals surface area contributed by atoms with E-state index in [0.29, 0.717) is 50.7 Å². The summed E-state index contributed by atoms with van der Waals surface area (Å²) in [7, 11) is -3.70. The van der Waals surface area contributed by atoms with E-state index in [1.165, 1.54) is 21.3 Å². The van der Waals surface area contributed by atoms with Gasteiger partial charge in [0.2, 0.25) is 15.9 Å². The monoisotopic (exact) mass is 434 g/mol. The van der Waals surface area contributed by atoms with Crippen LogP contribution >= 0.6 is 23.2 Å². The number of imide groups is 1. The Morgan fingerprint density at radius 1 is 1.04 bits per heavy atom. The summed E-state index contributed by atoms with van der Waals surface area (Å²) in [6, 6.07) is 4.04. The van der Waals surface area contributed by atoms with Crippen molar-refractivity contribution in [2.75, 3.05) is 45.8 Å². The summed E-state index contributed by atoms with van der Waals surface area (Å²) in [6.45, 7) is 2.92. The number of benzene rings is 1. The molecule has 1 aromatic carbocycles. The van der Waals surface area contributed by atoms with Gasteiger partial charge in [0.15, 0.2) is 0 Å². The van der Waals surface area contributed by atoms with Crippen molar-refractivity contribution >= 4 is 45.2 Å². The van der Waals surface area contributed by atoms with Gasteiger partial charge in [0.1, 0.15) is 4.90 Å². The fourth-order valence-corrected chi connectivity index (χ4v) is 5.30. The van der Waals surface area contributed by atoms with Gasteiger partial charge in [0.05, 0.1) is 11.6 Å². The number of piperazine rings is 1. The molecular weight excluding hydrogens is 415 g/mol. The highest BCUT2D eigenvalue weighted by atomic mass is 35.5. The van der Waals surface area contributed by atoms with E-state index in [4.69, 9.17) is 23.2 Å². The van der Waals surface area contributed by atoms with Crippen molar-refractivity contribution in [2.24, 2.45) is 0 Å². The van der Waals surface area contributed by atoms with E-state index in [2.05, 4.69) is 10.2 Å². The van der Waals surface area contributed by atoms with Crippen molar-refractivity contribution in [3.05, 3.63) is 28.2 Å². The number of carbonyl (C=O) groups excluding carboxylic acids is 2. The minimum Gasteiger partial charge on any atom is -0.329 e. The zero-order chi connectivity index (χ0) is 19.6. The van der Waals surface area contributed by atoms with Crippen LogP contribution in [0.25, 0.3) is 0 Å². The Kier molecular flexibility index (Phi) is 6.27. The first-order valence-electron chi connectivity index (χ1n) is 8.55. The molecule has 0 spiro atoms. The molecule has 148 valence electrons.